The third-order valence-corrected chi connectivity index (χ3v) is 6.12. The Morgan fingerprint density at radius 2 is 1.64 bits per heavy atom. The fraction of sp³-hybridized carbons (Fsp3) is 0.115. The van der Waals surface area contributed by atoms with Gasteiger partial charge < -0.3 is 9.30 Å². The van der Waals surface area contributed by atoms with E-state index in [0.717, 1.165) is 21.7 Å². The van der Waals surface area contributed by atoms with Crippen LogP contribution in [0.25, 0.3) is 16.6 Å². The van der Waals surface area contributed by atoms with Gasteiger partial charge in [-0.15, -0.1) is 0 Å². The Labute approximate surface area is 194 Å². The number of para-hydroxylation sites is 2. The molecule has 0 saturated carbocycles. The van der Waals surface area contributed by atoms with Crippen LogP contribution in [-0.4, -0.2) is 28.5 Å². The van der Waals surface area contributed by atoms with Gasteiger partial charge >= 0.3 is 6.09 Å². The van der Waals surface area contributed by atoms with Crippen molar-refractivity contribution in [2.75, 3.05) is 4.90 Å². The Morgan fingerprint density at radius 1 is 0.939 bits per heavy atom. The van der Waals surface area contributed by atoms with Crippen molar-refractivity contribution in [1.82, 2.24) is 4.57 Å². The Balaban J connectivity index is 1.60. The van der Waals surface area contributed by atoms with E-state index >= 15 is 0 Å². The van der Waals surface area contributed by atoms with Crippen LogP contribution in [0, 0.1) is 13.8 Å². The average Bonchev–Trinajstić information content (AvgIpc) is 3.28. The van der Waals surface area contributed by atoms with Crippen molar-refractivity contribution in [2.24, 2.45) is 0 Å². The van der Waals surface area contributed by atoms with Crippen molar-refractivity contribution in [3.63, 3.8) is 0 Å². The van der Waals surface area contributed by atoms with Gasteiger partial charge in [0.2, 0.25) is 11.9 Å². The highest BCUT2D eigenvalue weighted by atomic mass is 35.5. The lowest BCUT2D eigenvalue weighted by molar-refractivity contribution is -0.120. The van der Waals surface area contributed by atoms with Gasteiger partial charge in [-0.2, -0.15) is 0 Å². The minimum Gasteiger partial charge on any atom is -0.427 e. The SMILES string of the molecule is Cc1ccc(Cl)c(N2C(=O)OC(C(=O)c3c(C)n(-c4ccccc4)c4ccccc34)C2=O)c1. The summed E-state index contributed by atoms with van der Waals surface area (Å²) in [5.74, 6) is -1.32. The average molecular weight is 459 g/mol. The third kappa shape index (κ3) is 3.31. The number of ketones is 1. The van der Waals surface area contributed by atoms with E-state index in [9.17, 15) is 14.4 Å². The minimum atomic E-state index is -1.58. The Bertz CT molecular complexity index is 1440. The van der Waals surface area contributed by atoms with Crippen molar-refractivity contribution in [3.05, 3.63) is 94.6 Å². The lowest BCUT2D eigenvalue weighted by atomic mass is 10.0. The number of cyclic esters (lactones) is 1. The molecule has 1 fully saturated rings. The van der Waals surface area contributed by atoms with Crippen LogP contribution in [0.15, 0.2) is 72.8 Å². The van der Waals surface area contributed by atoms with Crippen LogP contribution >= 0.6 is 11.6 Å². The van der Waals surface area contributed by atoms with Gasteiger partial charge in [-0.1, -0.05) is 54.1 Å². The van der Waals surface area contributed by atoms with Crippen molar-refractivity contribution < 1.29 is 19.1 Å². The van der Waals surface area contributed by atoms with E-state index in [-0.39, 0.29) is 10.7 Å². The van der Waals surface area contributed by atoms with Crippen LogP contribution in [0.4, 0.5) is 10.5 Å². The maximum Gasteiger partial charge on any atom is 0.422 e. The van der Waals surface area contributed by atoms with E-state index in [2.05, 4.69) is 0 Å². The standard InChI is InChI=1S/C26H19ClN2O4/c1-15-12-13-19(27)21(14-15)29-25(31)24(33-26(29)32)23(30)22-16(2)28(17-8-4-3-5-9-17)20-11-7-6-10-18(20)22/h3-14,24H,1-2H3. The Hall–Kier alpha value is -3.90. The van der Waals surface area contributed by atoms with Crippen molar-refractivity contribution >= 4 is 46.0 Å². The molecule has 1 unspecified atom stereocenters. The van der Waals surface area contributed by atoms with E-state index in [1.165, 1.54) is 0 Å². The maximum atomic E-state index is 13.6. The monoisotopic (exact) mass is 458 g/mol. The number of nitrogens with zero attached hydrogens (tertiary/aromatic N) is 2. The first-order valence-electron chi connectivity index (χ1n) is 10.4. The normalized spacial score (nSPS) is 15.8. The van der Waals surface area contributed by atoms with Crippen LogP contribution in [0.5, 0.6) is 0 Å². The topological polar surface area (TPSA) is 68.6 Å². The van der Waals surface area contributed by atoms with E-state index in [1.807, 2.05) is 73.0 Å². The van der Waals surface area contributed by atoms with Crippen LogP contribution in [0.3, 0.4) is 0 Å². The predicted molar refractivity (Wildman–Crippen MR) is 126 cm³/mol. The predicted octanol–water partition coefficient (Wildman–Crippen LogP) is 5.64. The largest absolute Gasteiger partial charge is 0.427 e. The minimum absolute atomic E-state index is 0.199. The zero-order valence-corrected chi connectivity index (χ0v) is 18.7. The molecular formula is C26H19ClN2O4. The summed E-state index contributed by atoms with van der Waals surface area (Å²) < 4.78 is 7.25. The quantitative estimate of drug-likeness (QED) is 0.293. The second kappa shape index (κ2) is 7.90. The summed E-state index contributed by atoms with van der Waals surface area (Å²) in [7, 11) is 0. The molecule has 6 nitrogen and oxygen atoms in total. The van der Waals surface area contributed by atoms with E-state index < -0.39 is 23.9 Å². The fourth-order valence-electron chi connectivity index (χ4n) is 4.31. The molecule has 1 aliphatic heterocycles. The highest BCUT2D eigenvalue weighted by Crippen LogP contribution is 2.35. The molecular weight excluding hydrogens is 440 g/mol. The number of halogens is 1. The number of benzene rings is 3. The zero-order chi connectivity index (χ0) is 23.3. The molecule has 1 aromatic heterocycles. The maximum absolute atomic E-state index is 13.6. The first-order chi connectivity index (χ1) is 15.9. The molecule has 2 amide bonds. The van der Waals surface area contributed by atoms with Crippen LogP contribution in [0.1, 0.15) is 21.6 Å². The highest BCUT2D eigenvalue weighted by Gasteiger charge is 2.47. The molecule has 33 heavy (non-hydrogen) atoms. The second-order valence-corrected chi connectivity index (χ2v) is 8.31. The first kappa shape index (κ1) is 21.0. The summed E-state index contributed by atoms with van der Waals surface area (Å²) in [5, 5.41) is 0.899. The Kier molecular flexibility index (Phi) is 5.02. The number of hydrogen-bond acceptors (Lipinski definition) is 4. The molecule has 0 aliphatic carbocycles. The van der Waals surface area contributed by atoms with E-state index in [1.54, 1.807) is 18.2 Å². The third-order valence-electron chi connectivity index (χ3n) is 5.80. The molecule has 0 radical (unpaired) electrons. The summed E-state index contributed by atoms with van der Waals surface area (Å²) >= 11 is 6.24. The van der Waals surface area contributed by atoms with Crippen LogP contribution in [-0.2, 0) is 9.53 Å². The number of hydrogen-bond donors (Lipinski definition) is 0. The second-order valence-electron chi connectivity index (χ2n) is 7.91. The molecule has 2 heterocycles. The number of Topliss-reactive ketones (excluding diaryl/α,β-unsaturated/α-hetero) is 1. The number of fused-ring (bicyclic) bond motifs is 1. The number of imide groups is 1. The van der Waals surface area contributed by atoms with Crippen LogP contribution < -0.4 is 4.90 Å². The van der Waals surface area contributed by atoms with Crippen molar-refractivity contribution in [1.29, 1.82) is 0 Å². The number of aromatic nitrogens is 1. The summed E-state index contributed by atoms with van der Waals surface area (Å²) in [6, 6.07) is 22.0. The van der Waals surface area contributed by atoms with Gasteiger partial charge in [0, 0.05) is 16.8 Å². The molecule has 0 N–H and O–H groups in total. The van der Waals surface area contributed by atoms with Gasteiger partial charge in [-0.3, -0.25) is 9.59 Å². The van der Waals surface area contributed by atoms with E-state index in [0.29, 0.717) is 16.6 Å². The van der Waals surface area contributed by atoms with Crippen molar-refractivity contribution in [2.45, 2.75) is 20.0 Å². The number of ether oxygens (including phenoxy) is 1. The number of rotatable bonds is 4. The van der Waals surface area contributed by atoms with Crippen molar-refractivity contribution in [3.8, 4) is 5.69 Å². The highest BCUT2D eigenvalue weighted by molar-refractivity contribution is 6.37. The zero-order valence-electron chi connectivity index (χ0n) is 17.9. The summed E-state index contributed by atoms with van der Waals surface area (Å²) in [4.78, 5) is 40.3. The molecule has 1 aliphatic rings. The van der Waals surface area contributed by atoms with E-state index in [4.69, 9.17) is 16.3 Å². The molecule has 164 valence electrons. The molecule has 0 spiro atoms. The molecule has 5 rings (SSSR count). The smallest absolute Gasteiger partial charge is 0.422 e. The molecule has 4 aromatic rings. The summed E-state index contributed by atoms with van der Waals surface area (Å²) in [6.07, 6.45) is -2.50. The van der Waals surface area contributed by atoms with Gasteiger partial charge in [-0.25, -0.2) is 9.69 Å². The lowest BCUT2D eigenvalue weighted by Crippen LogP contribution is -2.35. The number of amides is 2. The molecule has 7 heteroatoms. The van der Waals surface area contributed by atoms with Gasteiger partial charge in [0.1, 0.15) is 0 Å². The number of carbonyl (C=O) groups excluding carboxylic acids is 3. The summed E-state index contributed by atoms with van der Waals surface area (Å²) in [6.45, 7) is 3.63. The molecule has 3 aromatic carbocycles. The first-order valence-corrected chi connectivity index (χ1v) is 10.8. The molecule has 0 bridgehead atoms. The lowest BCUT2D eigenvalue weighted by Gasteiger charge is -2.13. The van der Waals surface area contributed by atoms with Gasteiger partial charge in [0.05, 0.1) is 21.8 Å². The van der Waals surface area contributed by atoms with Gasteiger partial charge in [-0.05, 0) is 49.7 Å². The number of carbonyl (C=O) groups is 3. The van der Waals surface area contributed by atoms with Crippen LogP contribution in [0.2, 0.25) is 5.02 Å². The molecule has 1 atom stereocenters. The fourth-order valence-corrected chi connectivity index (χ4v) is 4.51. The molecule has 1 saturated heterocycles. The number of aryl methyl sites for hydroxylation is 1. The van der Waals surface area contributed by atoms with Gasteiger partial charge in [0.15, 0.2) is 0 Å². The number of anilines is 1. The summed E-state index contributed by atoms with van der Waals surface area (Å²) in [5.41, 5.74) is 3.71. The Morgan fingerprint density at radius 3 is 2.39 bits per heavy atom. The van der Waals surface area contributed by atoms with Gasteiger partial charge in [0.25, 0.3) is 5.91 Å².